The van der Waals surface area contributed by atoms with Gasteiger partial charge < -0.3 is 10.2 Å². The Morgan fingerprint density at radius 1 is 1.00 bits per heavy atom. The Balaban J connectivity index is 1.17. The number of pyridine rings is 3. The van der Waals surface area contributed by atoms with Crippen molar-refractivity contribution in [2.45, 2.75) is 37.6 Å². The number of hydrogen-bond donors (Lipinski definition) is 1. The highest BCUT2D eigenvalue weighted by Gasteiger charge is 2.33. The number of sulfone groups is 1. The fourth-order valence-corrected chi connectivity index (χ4v) is 6.15. The van der Waals surface area contributed by atoms with Crippen molar-refractivity contribution in [2.24, 2.45) is 5.92 Å². The molecule has 3 aromatic heterocycles. The number of hydrogen-bond acceptors (Lipinski definition) is 7. The van der Waals surface area contributed by atoms with Gasteiger partial charge in [-0.25, -0.2) is 18.4 Å². The van der Waals surface area contributed by atoms with E-state index >= 15 is 0 Å². The average Bonchev–Trinajstić information content (AvgIpc) is 3.85. The zero-order valence-corrected chi connectivity index (χ0v) is 24.3. The number of carbonyl (C=O) groups excluding carboxylic acids is 2. The molecule has 0 spiro atoms. The van der Waals surface area contributed by atoms with Gasteiger partial charge in [-0.2, -0.15) is 0 Å². The van der Waals surface area contributed by atoms with Gasteiger partial charge in [0, 0.05) is 42.4 Å². The lowest BCUT2D eigenvalue weighted by atomic mass is 10.0. The van der Waals surface area contributed by atoms with E-state index in [0.717, 1.165) is 65.6 Å². The third kappa shape index (κ3) is 5.94. The maximum absolute atomic E-state index is 12.8. The Morgan fingerprint density at radius 3 is 2.52 bits per heavy atom. The van der Waals surface area contributed by atoms with Crippen molar-refractivity contribution in [3.63, 3.8) is 0 Å². The summed E-state index contributed by atoms with van der Waals surface area (Å²) in [6, 6.07) is 16.2. The van der Waals surface area contributed by atoms with Crippen LogP contribution in [0, 0.1) is 12.8 Å². The van der Waals surface area contributed by atoms with Gasteiger partial charge in [0.2, 0.25) is 5.91 Å². The SMILES string of the molecule is Cc1ccc(C(=O)NCc2cc3nc(-c4cccc(C5=CCN(C(=O)C6CC6)CC5)n4)ccc3cn2)cc1S(C)(=O)=O. The van der Waals surface area contributed by atoms with E-state index in [9.17, 15) is 18.0 Å². The number of aromatic nitrogens is 3. The summed E-state index contributed by atoms with van der Waals surface area (Å²) in [4.78, 5) is 41.4. The minimum absolute atomic E-state index is 0.138. The molecule has 0 bridgehead atoms. The summed E-state index contributed by atoms with van der Waals surface area (Å²) >= 11 is 0. The van der Waals surface area contributed by atoms with E-state index in [1.54, 1.807) is 25.3 Å². The highest BCUT2D eigenvalue weighted by Crippen LogP contribution is 2.33. The van der Waals surface area contributed by atoms with E-state index in [2.05, 4.69) is 16.4 Å². The van der Waals surface area contributed by atoms with Crippen molar-refractivity contribution >= 4 is 38.1 Å². The Kier molecular flexibility index (Phi) is 7.32. The topological polar surface area (TPSA) is 122 Å². The number of carbonyl (C=O) groups is 2. The van der Waals surface area contributed by atoms with Crippen LogP contribution < -0.4 is 5.32 Å². The molecule has 2 aliphatic rings. The van der Waals surface area contributed by atoms with Gasteiger partial charge in [0.25, 0.3) is 5.91 Å². The number of rotatable bonds is 7. The Morgan fingerprint density at radius 2 is 1.79 bits per heavy atom. The Bertz CT molecular complexity index is 1860. The van der Waals surface area contributed by atoms with E-state index in [-0.39, 0.29) is 34.7 Å². The van der Waals surface area contributed by atoms with Crippen molar-refractivity contribution in [1.29, 1.82) is 0 Å². The quantitative estimate of drug-likeness (QED) is 0.344. The van der Waals surface area contributed by atoms with E-state index in [4.69, 9.17) is 9.97 Å². The van der Waals surface area contributed by atoms with Gasteiger partial charge in [-0.1, -0.05) is 18.2 Å². The third-order valence-corrected chi connectivity index (χ3v) is 8.94. The largest absolute Gasteiger partial charge is 0.346 e. The lowest BCUT2D eigenvalue weighted by molar-refractivity contribution is -0.132. The number of aryl methyl sites for hydroxylation is 1. The Hall–Kier alpha value is -4.44. The molecule has 4 heterocycles. The van der Waals surface area contributed by atoms with Crippen molar-refractivity contribution in [3.8, 4) is 11.4 Å². The van der Waals surface area contributed by atoms with Gasteiger partial charge in [-0.15, -0.1) is 0 Å². The molecule has 6 rings (SSSR count). The smallest absolute Gasteiger partial charge is 0.251 e. The number of fused-ring (bicyclic) bond motifs is 1. The summed E-state index contributed by atoms with van der Waals surface area (Å²) < 4.78 is 24.1. The minimum Gasteiger partial charge on any atom is -0.346 e. The molecule has 1 N–H and O–H groups in total. The zero-order chi connectivity index (χ0) is 29.4. The zero-order valence-electron chi connectivity index (χ0n) is 23.5. The molecule has 1 saturated carbocycles. The molecule has 1 fully saturated rings. The third-order valence-electron chi connectivity index (χ3n) is 7.70. The molecular formula is C32H31N5O4S. The van der Waals surface area contributed by atoms with E-state index in [1.807, 2.05) is 41.3 Å². The first kappa shape index (κ1) is 27.7. The van der Waals surface area contributed by atoms with Crippen LogP contribution in [0.5, 0.6) is 0 Å². The molecule has 2 amide bonds. The molecule has 214 valence electrons. The summed E-state index contributed by atoms with van der Waals surface area (Å²) in [6.45, 7) is 3.20. The lowest BCUT2D eigenvalue weighted by Crippen LogP contribution is -2.35. The highest BCUT2D eigenvalue weighted by atomic mass is 32.2. The molecule has 1 aliphatic heterocycles. The summed E-state index contributed by atoms with van der Waals surface area (Å²) in [6.07, 6.45) is 7.76. The molecular weight excluding hydrogens is 550 g/mol. The molecule has 1 aromatic carbocycles. The highest BCUT2D eigenvalue weighted by molar-refractivity contribution is 7.90. The fraction of sp³-hybridized carbons (Fsp3) is 0.281. The van der Waals surface area contributed by atoms with E-state index < -0.39 is 9.84 Å². The summed E-state index contributed by atoms with van der Waals surface area (Å²) in [5, 5.41) is 3.68. The van der Waals surface area contributed by atoms with Crippen LogP contribution in [0.1, 0.15) is 46.6 Å². The molecule has 10 heteroatoms. The molecule has 1 aliphatic carbocycles. The van der Waals surface area contributed by atoms with Crippen LogP contribution in [-0.4, -0.2) is 59.4 Å². The Labute approximate surface area is 244 Å². The summed E-state index contributed by atoms with van der Waals surface area (Å²) in [5.74, 6) is 0.120. The summed E-state index contributed by atoms with van der Waals surface area (Å²) in [7, 11) is -3.45. The van der Waals surface area contributed by atoms with Crippen LogP contribution >= 0.6 is 0 Å². The molecule has 9 nitrogen and oxygen atoms in total. The van der Waals surface area contributed by atoms with Crippen molar-refractivity contribution in [2.75, 3.05) is 19.3 Å². The molecule has 0 saturated heterocycles. The first-order valence-electron chi connectivity index (χ1n) is 14.0. The average molecular weight is 582 g/mol. The minimum atomic E-state index is -3.45. The summed E-state index contributed by atoms with van der Waals surface area (Å²) in [5.41, 5.74) is 5.70. The van der Waals surface area contributed by atoms with Crippen molar-refractivity contribution < 1.29 is 18.0 Å². The number of nitrogens with zero attached hydrogens (tertiary/aromatic N) is 4. The maximum Gasteiger partial charge on any atom is 0.251 e. The van der Waals surface area contributed by atoms with Gasteiger partial charge in [-0.05, 0) is 79.8 Å². The number of benzene rings is 1. The van der Waals surface area contributed by atoms with Crippen LogP contribution in [0.3, 0.4) is 0 Å². The monoisotopic (exact) mass is 581 g/mol. The van der Waals surface area contributed by atoms with Crippen molar-refractivity contribution in [1.82, 2.24) is 25.2 Å². The normalized spacial score (nSPS) is 15.4. The second kappa shape index (κ2) is 11.1. The predicted octanol–water partition coefficient (Wildman–Crippen LogP) is 4.36. The van der Waals surface area contributed by atoms with Gasteiger partial charge in [0.1, 0.15) is 0 Å². The standard InChI is InChI=1S/C32H31N5O4S/c1-20-6-7-23(16-30(20)42(2,40)41)31(38)34-19-25-17-29-24(18-33-25)10-11-28(36-29)27-5-3-4-26(35-27)21-12-14-37(15-13-21)32(39)22-8-9-22/h3-7,10-12,16-18,22H,8-9,13-15,19H2,1-2H3,(H,34,38). The molecule has 0 atom stereocenters. The number of amides is 2. The van der Waals surface area contributed by atoms with Gasteiger partial charge in [-0.3, -0.25) is 14.6 Å². The molecule has 42 heavy (non-hydrogen) atoms. The van der Waals surface area contributed by atoms with Crippen LogP contribution in [0.2, 0.25) is 0 Å². The van der Waals surface area contributed by atoms with Gasteiger partial charge >= 0.3 is 0 Å². The van der Waals surface area contributed by atoms with Crippen molar-refractivity contribution in [3.05, 3.63) is 89.4 Å². The second-order valence-electron chi connectivity index (χ2n) is 10.9. The first-order chi connectivity index (χ1) is 20.2. The molecule has 0 unspecified atom stereocenters. The number of nitrogens with one attached hydrogen (secondary N) is 1. The van der Waals surface area contributed by atoms with E-state index in [0.29, 0.717) is 17.8 Å². The van der Waals surface area contributed by atoms with E-state index in [1.165, 1.54) is 6.07 Å². The maximum atomic E-state index is 12.8. The first-order valence-corrected chi connectivity index (χ1v) is 15.8. The lowest BCUT2D eigenvalue weighted by Gasteiger charge is -2.26. The fourth-order valence-electron chi connectivity index (χ4n) is 5.16. The van der Waals surface area contributed by atoms with Crippen LogP contribution in [0.15, 0.2) is 71.8 Å². The van der Waals surface area contributed by atoms with Gasteiger partial charge in [0.05, 0.1) is 39.7 Å². The van der Waals surface area contributed by atoms with Crippen LogP contribution in [0.4, 0.5) is 0 Å². The van der Waals surface area contributed by atoms with Gasteiger partial charge in [0.15, 0.2) is 9.84 Å². The second-order valence-corrected chi connectivity index (χ2v) is 12.9. The van der Waals surface area contributed by atoms with Crippen LogP contribution in [-0.2, 0) is 21.2 Å². The van der Waals surface area contributed by atoms with Crippen LogP contribution in [0.25, 0.3) is 27.9 Å². The molecule has 0 radical (unpaired) electrons. The molecule has 4 aromatic rings. The predicted molar refractivity (Wildman–Crippen MR) is 160 cm³/mol.